The van der Waals surface area contributed by atoms with Crippen LogP contribution in [-0.4, -0.2) is 43.5 Å². The lowest BCUT2D eigenvalue weighted by Crippen LogP contribution is -2.21. The maximum atomic E-state index is 13.6. The molecule has 0 spiro atoms. The normalized spacial score (nSPS) is 27.2. The summed E-state index contributed by atoms with van der Waals surface area (Å²) >= 11 is 0. The van der Waals surface area contributed by atoms with E-state index in [1.807, 2.05) is 0 Å². The number of nitrogen functional groups attached to an aromatic ring is 1. The molecule has 3 atom stereocenters. The molecule has 19 heavy (non-hydrogen) atoms. The van der Waals surface area contributed by atoms with Crippen molar-refractivity contribution in [1.29, 1.82) is 0 Å². The number of hydrogen-bond acceptors (Lipinski definition) is 6. The van der Waals surface area contributed by atoms with Crippen LogP contribution in [-0.2, 0) is 4.74 Å². The van der Waals surface area contributed by atoms with Crippen LogP contribution in [0.25, 0.3) is 11.2 Å². The molecule has 0 radical (unpaired) electrons. The number of alkyl halides is 1. The molecule has 4 N–H and O–H groups in total. The first-order chi connectivity index (χ1) is 9.10. The minimum Gasteiger partial charge on any atom is -0.394 e. The van der Waals surface area contributed by atoms with Crippen molar-refractivity contribution in [3.63, 3.8) is 0 Å². The number of fused-ring (bicyclic) bond motifs is 1. The Kier molecular flexibility index (Phi) is 2.72. The van der Waals surface area contributed by atoms with Crippen LogP contribution >= 0.6 is 0 Å². The monoisotopic (exact) mass is 269 g/mol. The molecule has 2 aromatic heterocycles. The van der Waals surface area contributed by atoms with Gasteiger partial charge in [0, 0.05) is 6.42 Å². The summed E-state index contributed by atoms with van der Waals surface area (Å²) in [4.78, 5) is 21.8. The molecular formula is C10H12FN5O3. The lowest BCUT2D eigenvalue weighted by molar-refractivity contribution is -0.0323. The first kappa shape index (κ1) is 12.1. The minimum absolute atomic E-state index is 0.0484. The number of rotatable bonds is 2. The van der Waals surface area contributed by atoms with Crippen molar-refractivity contribution in [1.82, 2.24) is 19.5 Å². The van der Waals surface area contributed by atoms with Gasteiger partial charge in [-0.15, -0.1) is 0 Å². The van der Waals surface area contributed by atoms with Gasteiger partial charge in [-0.3, -0.25) is 14.3 Å². The van der Waals surface area contributed by atoms with E-state index in [4.69, 9.17) is 15.6 Å². The standard InChI is InChI=1S/C10H12FN5O3/c11-4-1-6(19-5(4)2-17)16-3-13-7-8(16)14-10(12)15-9(7)18/h3-6,17H,1-2H2,(H3,12,14,15,18)/t4-,5-,6-/m0/s1. The second kappa shape index (κ2) is 4.28. The number of anilines is 1. The summed E-state index contributed by atoms with van der Waals surface area (Å²) in [7, 11) is 0. The number of aliphatic hydroxyl groups is 1. The number of nitrogens with zero attached hydrogens (tertiary/aromatic N) is 3. The van der Waals surface area contributed by atoms with Crippen LogP contribution in [0.2, 0.25) is 0 Å². The Morgan fingerprint density at radius 3 is 3.16 bits per heavy atom. The third kappa shape index (κ3) is 1.87. The number of aliphatic hydroxyl groups excluding tert-OH is 1. The highest BCUT2D eigenvalue weighted by molar-refractivity contribution is 5.70. The van der Waals surface area contributed by atoms with Crippen molar-refractivity contribution >= 4 is 17.1 Å². The van der Waals surface area contributed by atoms with Crippen LogP contribution in [0, 0.1) is 0 Å². The van der Waals surface area contributed by atoms with Gasteiger partial charge in [0.25, 0.3) is 5.56 Å². The van der Waals surface area contributed by atoms with Gasteiger partial charge in [-0.05, 0) is 0 Å². The number of ether oxygens (including phenoxy) is 1. The summed E-state index contributed by atoms with van der Waals surface area (Å²) in [5.41, 5.74) is 5.35. The zero-order chi connectivity index (χ0) is 13.6. The predicted octanol–water partition coefficient (Wildman–Crippen LogP) is -0.680. The van der Waals surface area contributed by atoms with Gasteiger partial charge in [-0.25, -0.2) is 9.37 Å². The van der Waals surface area contributed by atoms with E-state index in [9.17, 15) is 9.18 Å². The molecule has 0 amide bonds. The molecule has 0 saturated carbocycles. The van der Waals surface area contributed by atoms with Crippen molar-refractivity contribution in [3.8, 4) is 0 Å². The van der Waals surface area contributed by atoms with Crippen molar-refractivity contribution < 1.29 is 14.2 Å². The fourth-order valence-electron chi connectivity index (χ4n) is 2.18. The SMILES string of the molecule is Nc1nc2c(ncn2[C@@H]2C[C@H](F)[C@H](CO)O2)c(=O)[nH]1. The third-order valence-electron chi connectivity index (χ3n) is 3.10. The highest BCUT2D eigenvalue weighted by Gasteiger charge is 2.36. The van der Waals surface area contributed by atoms with E-state index in [-0.39, 0.29) is 23.5 Å². The fourth-order valence-corrected chi connectivity index (χ4v) is 2.18. The van der Waals surface area contributed by atoms with Gasteiger partial charge in [0.1, 0.15) is 18.5 Å². The van der Waals surface area contributed by atoms with Gasteiger partial charge in [-0.1, -0.05) is 0 Å². The average Bonchev–Trinajstić information content (AvgIpc) is 2.92. The lowest BCUT2D eigenvalue weighted by Gasteiger charge is -2.13. The Bertz CT molecular complexity index is 669. The summed E-state index contributed by atoms with van der Waals surface area (Å²) in [6, 6.07) is 0. The topological polar surface area (TPSA) is 119 Å². The Labute approximate surface area is 106 Å². The molecule has 102 valence electrons. The van der Waals surface area contributed by atoms with E-state index >= 15 is 0 Å². The van der Waals surface area contributed by atoms with Gasteiger partial charge in [0.15, 0.2) is 11.2 Å². The fraction of sp³-hybridized carbons (Fsp3) is 0.500. The molecule has 3 rings (SSSR count). The molecule has 1 aliphatic heterocycles. The van der Waals surface area contributed by atoms with E-state index in [1.165, 1.54) is 10.9 Å². The van der Waals surface area contributed by atoms with Gasteiger partial charge in [0.2, 0.25) is 5.95 Å². The van der Waals surface area contributed by atoms with E-state index < -0.39 is 30.7 Å². The largest absolute Gasteiger partial charge is 0.394 e. The number of nitrogens with two attached hydrogens (primary N) is 1. The van der Waals surface area contributed by atoms with E-state index in [2.05, 4.69) is 15.0 Å². The molecule has 0 aromatic carbocycles. The van der Waals surface area contributed by atoms with E-state index in [0.29, 0.717) is 0 Å². The molecular weight excluding hydrogens is 257 g/mol. The highest BCUT2D eigenvalue weighted by Crippen LogP contribution is 2.31. The van der Waals surface area contributed by atoms with Crippen molar-refractivity contribution in [2.75, 3.05) is 12.3 Å². The molecule has 0 unspecified atom stereocenters. The molecule has 0 aliphatic carbocycles. The van der Waals surface area contributed by atoms with Crippen molar-refractivity contribution in [3.05, 3.63) is 16.7 Å². The summed E-state index contributed by atoms with van der Waals surface area (Å²) in [5.74, 6) is -0.0484. The Morgan fingerprint density at radius 2 is 2.47 bits per heavy atom. The lowest BCUT2D eigenvalue weighted by atomic mass is 10.2. The Morgan fingerprint density at radius 1 is 1.68 bits per heavy atom. The zero-order valence-corrected chi connectivity index (χ0v) is 9.78. The van der Waals surface area contributed by atoms with Gasteiger partial charge < -0.3 is 15.6 Å². The second-order valence-corrected chi connectivity index (χ2v) is 4.34. The molecule has 1 aliphatic rings. The number of halogens is 1. The molecule has 9 heteroatoms. The zero-order valence-electron chi connectivity index (χ0n) is 9.78. The van der Waals surface area contributed by atoms with Gasteiger partial charge in [-0.2, -0.15) is 4.98 Å². The highest BCUT2D eigenvalue weighted by atomic mass is 19.1. The molecule has 1 fully saturated rings. The number of H-pyrrole nitrogens is 1. The third-order valence-corrected chi connectivity index (χ3v) is 3.10. The number of hydrogen-bond donors (Lipinski definition) is 3. The summed E-state index contributed by atoms with van der Waals surface area (Å²) < 4.78 is 20.4. The van der Waals surface area contributed by atoms with Crippen LogP contribution in [0.3, 0.4) is 0 Å². The second-order valence-electron chi connectivity index (χ2n) is 4.34. The van der Waals surface area contributed by atoms with Gasteiger partial charge in [0.05, 0.1) is 12.9 Å². The van der Waals surface area contributed by atoms with Crippen molar-refractivity contribution in [2.24, 2.45) is 0 Å². The number of aromatic nitrogens is 4. The van der Waals surface area contributed by atoms with Crippen LogP contribution in [0.4, 0.5) is 10.3 Å². The van der Waals surface area contributed by atoms with Crippen LogP contribution in [0.5, 0.6) is 0 Å². The maximum Gasteiger partial charge on any atom is 0.280 e. The number of imidazole rings is 1. The summed E-state index contributed by atoms with van der Waals surface area (Å²) in [6.45, 7) is -0.402. The molecule has 3 heterocycles. The number of nitrogens with one attached hydrogen (secondary N) is 1. The van der Waals surface area contributed by atoms with Crippen LogP contribution in [0.15, 0.2) is 11.1 Å². The first-order valence-corrected chi connectivity index (χ1v) is 5.73. The quantitative estimate of drug-likeness (QED) is 0.664. The van der Waals surface area contributed by atoms with Crippen LogP contribution < -0.4 is 11.3 Å². The number of aromatic amines is 1. The summed E-state index contributed by atoms with van der Waals surface area (Å²) in [6.07, 6.45) is -1.39. The van der Waals surface area contributed by atoms with Gasteiger partial charge >= 0.3 is 0 Å². The van der Waals surface area contributed by atoms with Crippen molar-refractivity contribution in [2.45, 2.75) is 24.9 Å². The molecule has 0 bridgehead atoms. The minimum atomic E-state index is -1.27. The Balaban J connectivity index is 2.05. The maximum absolute atomic E-state index is 13.6. The van der Waals surface area contributed by atoms with E-state index in [0.717, 1.165) is 0 Å². The summed E-state index contributed by atoms with van der Waals surface area (Å²) in [5, 5.41) is 8.97. The molecule has 8 nitrogen and oxygen atoms in total. The first-order valence-electron chi connectivity index (χ1n) is 5.73. The molecule has 1 saturated heterocycles. The predicted molar refractivity (Wildman–Crippen MR) is 63.1 cm³/mol. The van der Waals surface area contributed by atoms with E-state index in [1.54, 1.807) is 0 Å². The van der Waals surface area contributed by atoms with Crippen LogP contribution in [0.1, 0.15) is 12.6 Å². The smallest absolute Gasteiger partial charge is 0.280 e. The Hall–Kier alpha value is -2.00. The average molecular weight is 269 g/mol. The molecule has 2 aromatic rings.